The first-order valence-electron chi connectivity index (χ1n) is 9.17. The summed E-state index contributed by atoms with van der Waals surface area (Å²) in [6.07, 6.45) is 2.48. The molecule has 26 heavy (non-hydrogen) atoms. The molecule has 0 saturated heterocycles. The van der Waals surface area contributed by atoms with Crippen molar-refractivity contribution in [2.24, 2.45) is 0 Å². The smallest absolute Gasteiger partial charge is 0.410 e. The lowest BCUT2D eigenvalue weighted by Crippen LogP contribution is -2.46. The van der Waals surface area contributed by atoms with Crippen molar-refractivity contribution in [2.45, 2.75) is 45.6 Å². The topological polar surface area (TPSA) is 59.1 Å². The molecule has 0 atom stereocenters. The number of aryl methyl sites for hydroxylation is 1. The Morgan fingerprint density at radius 3 is 2.62 bits per heavy atom. The number of rotatable bonds is 5. The monoisotopic (exact) mass is 362 g/mol. The molecule has 1 aliphatic heterocycles. The largest absolute Gasteiger partial charge is 0.444 e. The van der Waals surface area contributed by atoms with Crippen molar-refractivity contribution in [1.82, 2.24) is 4.90 Å². The van der Waals surface area contributed by atoms with Gasteiger partial charge in [0, 0.05) is 25.9 Å². The Hall–Kier alpha value is -2.08. The summed E-state index contributed by atoms with van der Waals surface area (Å²) in [7, 11) is 1.57. The Kier molecular flexibility index (Phi) is 7.03. The minimum Gasteiger partial charge on any atom is -0.444 e. The molecule has 0 unspecified atom stereocenters. The molecule has 0 bridgehead atoms. The summed E-state index contributed by atoms with van der Waals surface area (Å²) < 4.78 is 10.5. The average molecular weight is 362 g/mol. The Balaban J connectivity index is 2.14. The van der Waals surface area contributed by atoms with E-state index in [1.807, 2.05) is 39.0 Å². The third kappa shape index (κ3) is 5.73. The minimum absolute atomic E-state index is 0.0212. The highest BCUT2D eigenvalue weighted by molar-refractivity contribution is 5.97. The second kappa shape index (κ2) is 9.03. The zero-order valence-corrected chi connectivity index (χ0v) is 16.3. The standard InChI is InChI=1S/C20H30N2O4/c1-20(2,3)26-19(24)21(13-14-25-4)15-18(23)22-12-8-7-10-16-9-5-6-11-17(16)22/h5-6,9,11H,7-8,10,12-15H2,1-4H3. The van der Waals surface area contributed by atoms with Gasteiger partial charge in [-0.05, 0) is 51.7 Å². The van der Waals surface area contributed by atoms with Crippen molar-refractivity contribution >= 4 is 17.7 Å². The highest BCUT2D eigenvalue weighted by Gasteiger charge is 2.27. The third-order valence-electron chi connectivity index (χ3n) is 4.20. The van der Waals surface area contributed by atoms with Gasteiger partial charge in [-0.1, -0.05) is 18.2 Å². The highest BCUT2D eigenvalue weighted by atomic mass is 16.6. The first kappa shape index (κ1) is 20.2. The lowest BCUT2D eigenvalue weighted by Gasteiger charge is -2.29. The predicted octanol–water partition coefficient (Wildman–Crippen LogP) is 3.24. The molecule has 0 saturated carbocycles. The molecule has 6 nitrogen and oxygen atoms in total. The first-order valence-corrected chi connectivity index (χ1v) is 9.17. The van der Waals surface area contributed by atoms with E-state index in [4.69, 9.17) is 9.47 Å². The fraction of sp³-hybridized carbons (Fsp3) is 0.600. The number of hydrogen-bond donors (Lipinski definition) is 0. The maximum atomic E-state index is 13.0. The number of carbonyl (C=O) groups is 2. The molecule has 0 spiro atoms. The summed E-state index contributed by atoms with van der Waals surface area (Å²) >= 11 is 0. The Labute approximate surface area is 156 Å². The first-order chi connectivity index (χ1) is 12.3. The Morgan fingerprint density at radius 2 is 1.92 bits per heavy atom. The molecule has 0 radical (unpaired) electrons. The van der Waals surface area contributed by atoms with Gasteiger partial charge in [-0.2, -0.15) is 0 Å². The summed E-state index contributed by atoms with van der Waals surface area (Å²) in [6, 6.07) is 7.99. The van der Waals surface area contributed by atoms with E-state index in [2.05, 4.69) is 6.07 Å². The SMILES string of the molecule is COCCN(CC(=O)N1CCCCc2ccccc21)C(=O)OC(C)(C)C. The fourth-order valence-electron chi connectivity index (χ4n) is 2.96. The summed E-state index contributed by atoms with van der Waals surface area (Å²) in [6.45, 7) is 6.75. The van der Waals surface area contributed by atoms with Crippen molar-refractivity contribution in [3.05, 3.63) is 29.8 Å². The second-order valence-corrected chi connectivity index (χ2v) is 7.53. The van der Waals surface area contributed by atoms with E-state index in [9.17, 15) is 9.59 Å². The normalized spacial score (nSPS) is 14.4. The van der Waals surface area contributed by atoms with E-state index >= 15 is 0 Å². The molecule has 0 aliphatic carbocycles. The zero-order chi connectivity index (χ0) is 19.2. The number of para-hydroxylation sites is 1. The van der Waals surface area contributed by atoms with E-state index in [1.54, 1.807) is 12.0 Å². The average Bonchev–Trinajstić information content (AvgIpc) is 2.79. The summed E-state index contributed by atoms with van der Waals surface area (Å²) in [4.78, 5) is 28.7. The van der Waals surface area contributed by atoms with E-state index < -0.39 is 11.7 Å². The molecule has 144 valence electrons. The van der Waals surface area contributed by atoms with Crippen molar-refractivity contribution < 1.29 is 19.1 Å². The molecule has 2 amide bonds. The van der Waals surface area contributed by atoms with Crippen LogP contribution in [0.3, 0.4) is 0 Å². The molecule has 1 aromatic carbocycles. The van der Waals surface area contributed by atoms with Crippen LogP contribution >= 0.6 is 0 Å². The third-order valence-corrected chi connectivity index (χ3v) is 4.20. The number of hydrogen-bond acceptors (Lipinski definition) is 4. The van der Waals surface area contributed by atoms with Crippen LogP contribution in [0.4, 0.5) is 10.5 Å². The fourth-order valence-corrected chi connectivity index (χ4v) is 2.96. The van der Waals surface area contributed by atoms with E-state index in [1.165, 1.54) is 10.5 Å². The van der Waals surface area contributed by atoms with Gasteiger partial charge in [0.15, 0.2) is 0 Å². The molecular weight excluding hydrogens is 332 g/mol. The van der Waals surface area contributed by atoms with Gasteiger partial charge in [0.1, 0.15) is 12.1 Å². The molecular formula is C20H30N2O4. The van der Waals surface area contributed by atoms with Crippen molar-refractivity contribution in [2.75, 3.05) is 38.3 Å². The van der Waals surface area contributed by atoms with Crippen molar-refractivity contribution in [3.8, 4) is 0 Å². The van der Waals surface area contributed by atoms with Crippen LogP contribution in [0.5, 0.6) is 0 Å². The summed E-state index contributed by atoms with van der Waals surface area (Å²) in [5.41, 5.74) is 1.52. The molecule has 0 fully saturated rings. The number of benzene rings is 1. The van der Waals surface area contributed by atoms with Crippen LogP contribution < -0.4 is 4.90 Å². The summed E-state index contributed by atoms with van der Waals surface area (Å²) in [5, 5.41) is 0. The second-order valence-electron chi connectivity index (χ2n) is 7.53. The number of anilines is 1. The molecule has 0 aromatic heterocycles. The lowest BCUT2D eigenvalue weighted by atomic mass is 10.1. The number of fused-ring (bicyclic) bond motifs is 1. The predicted molar refractivity (Wildman–Crippen MR) is 101 cm³/mol. The maximum Gasteiger partial charge on any atom is 0.410 e. The number of methoxy groups -OCH3 is 1. The van der Waals surface area contributed by atoms with Gasteiger partial charge in [0.05, 0.1) is 6.61 Å². The lowest BCUT2D eigenvalue weighted by molar-refractivity contribution is -0.120. The Morgan fingerprint density at radius 1 is 1.19 bits per heavy atom. The number of nitrogens with zero attached hydrogens (tertiary/aromatic N) is 2. The maximum absolute atomic E-state index is 13.0. The van der Waals surface area contributed by atoms with Gasteiger partial charge < -0.3 is 14.4 Å². The molecule has 1 aromatic rings. The number of carbonyl (C=O) groups excluding carboxylic acids is 2. The van der Waals surface area contributed by atoms with Crippen LogP contribution in [0, 0.1) is 0 Å². The summed E-state index contributed by atoms with van der Waals surface area (Å²) in [5.74, 6) is -0.0960. The van der Waals surface area contributed by atoms with Crippen LogP contribution in [-0.2, 0) is 20.7 Å². The van der Waals surface area contributed by atoms with Crippen LogP contribution in [0.15, 0.2) is 24.3 Å². The van der Waals surface area contributed by atoms with Gasteiger partial charge in [-0.15, -0.1) is 0 Å². The molecule has 2 rings (SSSR count). The zero-order valence-electron chi connectivity index (χ0n) is 16.3. The molecule has 0 N–H and O–H groups in total. The van der Waals surface area contributed by atoms with E-state index in [-0.39, 0.29) is 12.5 Å². The van der Waals surface area contributed by atoms with E-state index in [0.717, 1.165) is 24.9 Å². The Bertz CT molecular complexity index is 624. The van der Waals surface area contributed by atoms with Crippen molar-refractivity contribution in [3.63, 3.8) is 0 Å². The van der Waals surface area contributed by atoms with Crippen LogP contribution in [0.25, 0.3) is 0 Å². The van der Waals surface area contributed by atoms with Gasteiger partial charge >= 0.3 is 6.09 Å². The molecule has 6 heteroatoms. The highest BCUT2D eigenvalue weighted by Crippen LogP contribution is 2.26. The van der Waals surface area contributed by atoms with Gasteiger partial charge in [-0.25, -0.2) is 4.79 Å². The van der Waals surface area contributed by atoms with Gasteiger partial charge in [0.2, 0.25) is 5.91 Å². The number of amides is 2. The van der Waals surface area contributed by atoms with Gasteiger partial charge in [-0.3, -0.25) is 9.69 Å². The van der Waals surface area contributed by atoms with Crippen LogP contribution in [-0.4, -0.2) is 55.9 Å². The molecule has 1 heterocycles. The van der Waals surface area contributed by atoms with E-state index in [0.29, 0.717) is 19.7 Å². The quantitative estimate of drug-likeness (QED) is 0.807. The van der Waals surface area contributed by atoms with Crippen LogP contribution in [0.2, 0.25) is 0 Å². The number of ether oxygens (including phenoxy) is 2. The van der Waals surface area contributed by atoms with Crippen LogP contribution in [0.1, 0.15) is 39.2 Å². The minimum atomic E-state index is -0.610. The molecule has 1 aliphatic rings. The van der Waals surface area contributed by atoms with Crippen molar-refractivity contribution in [1.29, 1.82) is 0 Å². The van der Waals surface area contributed by atoms with Gasteiger partial charge in [0.25, 0.3) is 0 Å².